The number of nitrogens with zero attached hydrogens (tertiary/aromatic N) is 1. The van der Waals surface area contributed by atoms with Crippen LogP contribution in [0.3, 0.4) is 0 Å². The molecule has 0 aliphatic heterocycles. The number of ether oxygens (including phenoxy) is 1. The third-order valence-corrected chi connectivity index (χ3v) is 5.04. The van der Waals surface area contributed by atoms with Gasteiger partial charge in [-0.2, -0.15) is 0 Å². The Hall–Kier alpha value is -2.62. The summed E-state index contributed by atoms with van der Waals surface area (Å²) in [4.78, 5) is 2.09. The predicted octanol–water partition coefficient (Wildman–Crippen LogP) is 6.35. The van der Waals surface area contributed by atoms with E-state index in [1.165, 1.54) is 12.1 Å². The molecule has 0 heterocycles. The van der Waals surface area contributed by atoms with E-state index in [1.807, 2.05) is 56.6 Å². The third kappa shape index (κ3) is 5.94. The van der Waals surface area contributed by atoms with E-state index in [1.54, 1.807) is 0 Å². The van der Waals surface area contributed by atoms with E-state index in [-0.39, 0.29) is 5.82 Å². The van der Waals surface area contributed by atoms with E-state index in [0.29, 0.717) is 18.9 Å². The molecule has 0 amide bonds. The smallest absolute Gasteiger partial charge is 0.123 e. The van der Waals surface area contributed by atoms with Gasteiger partial charge in [-0.1, -0.05) is 54.6 Å². The molecule has 0 N–H and O–H groups in total. The van der Waals surface area contributed by atoms with Crippen LogP contribution in [-0.2, 0) is 0 Å². The Morgan fingerprint density at radius 1 is 0.833 bits per heavy atom. The molecule has 3 aromatic rings. The maximum absolute atomic E-state index is 13.6. The average Bonchev–Trinajstić information content (AvgIpc) is 2.76. The van der Waals surface area contributed by atoms with E-state index in [0.717, 1.165) is 40.1 Å². The first-order valence-corrected chi connectivity index (χ1v) is 10.6. The first-order valence-electron chi connectivity index (χ1n) is 10.1. The molecule has 4 heteroatoms. The highest BCUT2D eigenvalue weighted by Crippen LogP contribution is 2.35. The Bertz CT molecular complexity index is 951. The van der Waals surface area contributed by atoms with Gasteiger partial charge in [0.2, 0.25) is 0 Å². The van der Waals surface area contributed by atoms with Crippen molar-refractivity contribution < 1.29 is 9.13 Å². The molecule has 0 saturated carbocycles. The zero-order valence-electron chi connectivity index (χ0n) is 17.4. The van der Waals surface area contributed by atoms with Crippen LogP contribution >= 0.6 is 11.6 Å². The molecule has 156 valence electrons. The van der Waals surface area contributed by atoms with Gasteiger partial charge in [0.05, 0.1) is 0 Å². The minimum absolute atomic E-state index is 0.249. The molecule has 0 saturated heterocycles. The fraction of sp³-hybridized carbons (Fsp3) is 0.231. The minimum Gasteiger partial charge on any atom is -0.492 e. The van der Waals surface area contributed by atoms with Crippen molar-refractivity contribution in [2.24, 2.45) is 0 Å². The normalized spacial score (nSPS) is 12.0. The number of benzene rings is 3. The van der Waals surface area contributed by atoms with Gasteiger partial charge in [-0.25, -0.2) is 4.39 Å². The summed E-state index contributed by atoms with van der Waals surface area (Å²) in [6.45, 7) is 1.49. The lowest BCUT2D eigenvalue weighted by Crippen LogP contribution is -2.19. The fourth-order valence-electron chi connectivity index (χ4n) is 3.34. The summed E-state index contributed by atoms with van der Waals surface area (Å²) in [7, 11) is 4.04. The summed E-state index contributed by atoms with van der Waals surface area (Å²) in [5.41, 5.74) is 5.32. The quantitative estimate of drug-likeness (QED) is 0.293. The van der Waals surface area contributed by atoms with E-state index in [2.05, 4.69) is 29.2 Å². The number of halogens is 2. The van der Waals surface area contributed by atoms with Crippen LogP contribution < -0.4 is 4.74 Å². The molecule has 0 aromatic heterocycles. The zero-order valence-corrected chi connectivity index (χ0v) is 18.2. The Morgan fingerprint density at radius 2 is 1.43 bits per heavy atom. The fourth-order valence-corrected chi connectivity index (χ4v) is 3.53. The van der Waals surface area contributed by atoms with Gasteiger partial charge < -0.3 is 9.64 Å². The second kappa shape index (κ2) is 11.0. The van der Waals surface area contributed by atoms with Gasteiger partial charge in [-0.3, -0.25) is 0 Å². The van der Waals surface area contributed by atoms with Gasteiger partial charge in [0.15, 0.2) is 0 Å². The van der Waals surface area contributed by atoms with E-state index < -0.39 is 0 Å². The summed E-state index contributed by atoms with van der Waals surface area (Å²) in [6.07, 6.45) is 0.708. The first kappa shape index (κ1) is 22.1. The van der Waals surface area contributed by atoms with Crippen molar-refractivity contribution in [3.63, 3.8) is 0 Å². The Balaban J connectivity index is 2.04. The van der Waals surface area contributed by atoms with Crippen molar-refractivity contribution >= 4 is 22.7 Å². The summed E-state index contributed by atoms with van der Waals surface area (Å²) in [5.74, 6) is 1.08. The van der Waals surface area contributed by atoms with Gasteiger partial charge >= 0.3 is 0 Å². The van der Waals surface area contributed by atoms with Gasteiger partial charge in [-0.05, 0) is 72.6 Å². The maximum atomic E-state index is 13.6. The number of likely N-dealkylation sites (N-methyl/N-ethyl adjacent to an activating group) is 1. The largest absolute Gasteiger partial charge is 0.492 e. The maximum Gasteiger partial charge on any atom is 0.123 e. The minimum atomic E-state index is -0.249. The molecule has 0 unspecified atom stereocenters. The Labute approximate surface area is 183 Å². The second-order valence-corrected chi connectivity index (χ2v) is 7.72. The van der Waals surface area contributed by atoms with Crippen LogP contribution in [0.5, 0.6) is 5.75 Å². The third-order valence-electron chi connectivity index (χ3n) is 4.85. The lowest BCUT2D eigenvalue weighted by molar-refractivity contribution is 0.261. The molecule has 0 radical (unpaired) electrons. The van der Waals surface area contributed by atoms with Crippen LogP contribution in [0.1, 0.15) is 23.1 Å². The molecule has 0 atom stereocenters. The summed E-state index contributed by atoms with van der Waals surface area (Å²) >= 11 is 6.18. The van der Waals surface area contributed by atoms with E-state index in [4.69, 9.17) is 16.3 Å². The number of rotatable bonds is 9. The molecule has 0 bridgehead atoms. The molecule has 0 fully saturated rings. The van der Waals surface area contributed by atoms with Crippen LogP contribution in [0.15, 0.2) is 78.9 Å². The van der Waals surface area contributed by atoms with Crippen molar-refractivity contribution in [2.75, 3.05) is 33.1 Å². The van der Waals surface area contributed by atoms with E-state index >= 15 is 0 Å². The van der Waals surface area contributed by atoms with Crippen molar-refractivity contribution in [1.82, 2.24) is 4.90 Å². The van der Waals surface area contributed by atoms with E-state index in [9.17, 15) is 4.39 Å². The zero-order chi connectivity index (χ0) is 21.3. The number of hydrogen-bond acceptors (Lipinski definition) is 2. The van der Waals surface area contributed by atoms with Crippen molar-refractivity contribution in [1.29, 1.82) is 0 Å². The van der Waals surface area contributed by atoms with Crippen molar-refractivity contribution in [2.45, 2.75) is 6.42 Å². The summed E-state index contributed by atoms with van der Waals surface area (Å²) < 4.78 is 19.4. The molecule has 3 rings (SSSR count). The van der Waals surface area contributed by atoms with Crippen molar-refractivity contribution in [3.05, 3.63) is 101 Å². The van der Waals surface area contributed by atoms with Gasteiger partial charge in [0.25, 0.3) is 0 Å². The highest BCUT2D eigenvalue weighted by molar-refractivity contribution is 6.18. The molecule has 0 spiro atoms. The van der Waals surface area contributed by atoms with Gasteiger partial charge in [0.1, 0.15) is 18.2 Å². The standard InChI is InChI=1S/C26H27ClFNO/c1-29(2)18-19-30-24-14-10-22(11-15-24)26(21-8-12-23(28)13-9-21)25(16-17-27)20-6-4-3-5-7-20/h3-15H,16-19H2,1-2H3/b26-25+. The second-order valence-electron chi connectivity index (χ2n) is 7.34. The molecule has 0 aliphatic carbocycles. The monoisotopic (exact) mass is 423 g/mol. The van der Waals surface area contributed by atoms with Crippen molar-refractivity contribution in [3.8, 4) is 5.75 Å². The highest BCUT2D eigenvalue weighted by atomic mass is 35.5. The number of alkyl halides is 1. The highest BCUT2D eigenvalue weighted by Gasteiger charge is 2.14. The molecular formula is C26H27ClFNO. The van der Waals surface area contributed by atoms with Crippen LogP contribution in [0.25, 0.3) is 11.1 Å². The van der Waals surface area contributed by atoms with Gasteiger partial charge in [0, 0.05) is 12.4 Å². The lowest BCUT2D eigenvalue weighted by atomic mass is 9.88. The topological polar surface area (TPSA) is 12.5 Å². The average molecular weight is 424 g/mol. The molecule has 3 aromatic carbocycles. The van der Waals surface area contributed by atoms with Gasteiger partial charge in [-0.15, -0.1) is 11.6 Å². The van der Waals surface area contributed by atoms with Crippen LogP contribution in [0.2, 0.25) is 0 Å². The SMILES string of the molecule is CN(C)CCOc1ccc(/C(=C(\CCCl)c2ccccc2)c2ccc(F)cc2)cc1. The Kier molecular flexibility index (Phi) is 8.06. The summed E-state index contributed by atoms with van der Waals surface area (Å²) in [5, 5.41) is 0. The Morgan fingerprint density at radius 3 is 2.00 bits per heavy atom. The molecule has 0 aliphatic rings. The van der Waals surface area contributed by atoms with Crippen LogP contribution in [0, 0.1) is 5.82 Å². The molecule has 2 nitrogen and oxygen atoms in total. The number of hydrogen-bond donors (Lipinski definition) is 0. The first-order chi connectivity index (χ1) is 14.6. The summed E-state index contributed by atoms with van der Waals surface area (Å²) in [6, 6.07) is 24.9. The molecule has 30 heavy (non-hydrogen) atoms. The molecular weight excluding hydrogens is 397 g/mol. The predicted molar refractivity (Wildman–Crippen MR) is 125 cm³/mol. The van der Waals surface area contributed by atoms with Crippen LogP contribution in [0.4, 0.5) is 4.39 Å². The number of allylic oxidation sites excluding steroid dienone is 1. The lowest BCUT2D eigenvalue weighted by Gasteiger charge is -2.17. The van der Waals surface area contributed by atoms with Crippen LogP contribution in [-0.4, -0.2) is 38.0 Å².